The molecule has 0 radical (unpaired) electrons. The summed E-state index contributed by atoms with van der Waals surface area (Å²) in [5.41, 5.74) is -0.0543. The van der Waals surface area contributed by atoms with Gasteiger partial charge in [0.15, 0.2) is 11.6 Å². The SMILES string of the molecule is CC(C)CCOCCNc1cc(F)c(F)cc1F. The fraction of sp³-hybridized carbons (Fsp3) is 0.538. The topological polar surface area (TPSA) is 21.3 Å². The van der Waals surface area contributed by atoms with Crippen molar-refractivity contribution in [2.75, 3.05) is 25.1 Å². The molecule has 2 nitrogen and oxygen atoms in total. The first kappa shape index (κ1) is 14.8. The fourth-order valence-corrected chi connectivity index (χ4v) is 1.34. The summed E-state index contributed by atoms with van der Waals surface area (Å²) < 4.78 is 44.0. The van der Waals surface area contributed by atoms with Crippen LogP contribution in [0.4, 0.5) is 18.9 Å². The van der Waals surface area contributed by atoms with E-state index in [0.29, 0.717) is 31.7 Å². The first-order valence-electron chi connectivity index (χ1n) is 5.97. The van der Waals surface area contributed by atoms with Crippen LogP contribution >= 0.6 is 0 Å². The van der Waals surface area contributed by atoms with Gasteiger partial charge in [0.05, 0.1) is 12.3 Å². The van der Waals surface area contributed by atoms with Crippen LogP contribution in [0, 0.1) is 23.4 Å². The van der Waals surface area contributed by atoms with Gasteiger partial charge in [-0.2, -0.15) is 0 Å². The number of ether oxygens (including phenoxy) is 1. The van der Waals surface area contributed by atoms with Gasteiger partial charge >= 0.3 is 0 Å². The average molecular weight is 261 g/mol. The molecule has 102 valence electrons. The molecule has 0 aliphatic carbocycles. The van der Waals surface area contributed by atoms with Crippen molar-refractivity contribution >= 4 is 5.69 Å². The van der Waals surface area contributed by atoms with Gasteiger partial charge in [0.1, 0.15) is 5.82 Å². The standard InChI is InChI=1S/C13H18F3NO/c1-9(2)3-5-18-6-4-17-13-8-11(15)10(14)7-12(13)16/h7-9,17H,3-6H2,1-2H3. The van der Waals surface area contributed by atoms with Crippen LogP contribution in [0.25, 0.3) is 0 Å². The number of benzene rings is 1. The van der Waals surface area contributed by atoms with E-state index in [1.54, 1.807) is 0 Å². The maximum atomic E-state index is 13.2. The molecule has 0 spiro atoms. The summed E-state index contributed by atoms with van der Waals surface area (Å²) in [7, 11) is 0. The van der Waals surface area contributed by atoms with Crippen LogP contribution in [0.2, 0.25) is 0 Å². The highest BCUT2D eigenvalue weighted by Gasteiger charge is 2.08. The number of nitrogens with one attached hydrogen (secondary N) is 1. The second-order valence-corrected chi connectivity index (χ2v) is 4.47. The van der Waals surface area contributed by atoms with E-state index in [1.807, 2.05) is 0 Å². The van der Waals surface area contributed by atoms with Crippen molar-refractivity contribution in [3.8, 4) is 0 Å². The summed E-state index contributed by atoms with van der Waals surface area (Å²) in [6, 6.07) is 1.33. The predicted molar refractivity (Wildman–Crippen MR) is 65.1 cm³/mol. The number of anilines is 1. The first-order valence-corrected chi connectivity index (χ1v) is 5.97. The lowest BCUT2D eigenvalue weighted by atomic mass is 10.1. The highest BCUT2D eigenvalue weighted by molar-refractivity contribution is 5.45. The molecule has 1 aromatic carbocycles. The number of hydrogen-bond acceptors (Lipinski definition) is 2. The number of hydrogen-bond donors (Lipinski definition) is 1. The molecule has 0 amide bonds. The van der Waals surface area contributed by atoms with Crippen molar-refractivity contribution in [3.63, 3.8) is 0 Å². The molecule has 0 bridgehead atoms. The molecule has 1 aromatic rings. The lowest BCUT2D eigenvalue weighted by Crippen LogP contribution is -2.12. The molecule has 0 heterocycles. The molecule has 0 fully saturated rings. The Labute approximate surface area is 105 Å². The molecular formula is C13H18F3NO. The highest BCUT2D eigenvalue weighted by Crippen LogP contribution is 2.17. The van der Waals surface area contributed by atoms with Crippen LogP contribution in [0.1, 0.15) is 20.3 Å². The van der Waals surface area contributed by atoms with Crippen LogP contribution in [0.3, 0.4) is 0 Å². The minimum atomic E-state index is -1.19. The van der Waals surface area contributed by atoms with Gasteiger partial charge in [-0.1, -0.05) is 13.8 Å². The zero-order valence-corrected chi connectivity index (χ0v) is 10.6. The highest BCUT2D eigenvalue weighted by atomic mass is 19.2. The Hall–Kier alpha value is -1.23. The second-order valence-electron chi connectivity index (χ2n) is 4.47. The van der Waals surface area contributed by atoms with E-state index in [-0.39, 0.29) is 5.69 Å². The monoisotopic (exact) mass is 261 g/mol. The smallest absolute Gasteiger partial charge is 0.161 e. The van der Waals surface area contributed by atoms with E-state index in [1.165, 1.54) is 0 Å². The minimum Gasteiger partial charge on any atom is -0.380 e. The van der Waals surface area contributed by atoms with Gasteiger partial charge in [0.2, 0.25) is 0 Å². The molecule has 0 atom stereocenters. The van der Waals surface area contributed by atoms with Crippen molar-refractivity contribution in [1.29, 1.82) is 0 Å². The molecule has 0 saturated carbocycles. The van der Waals surface area contributed by atoms with Gasteiger partial charge in [-0.25, -0.2) is 13.2 Å². The molecule has 18 heavy (non-hydrogen) atoms. The van der Waals surface area contributed by atoms with Crippen molar-refractivity contribution in [1.82, 2.24) is 0 Å². The molecule has 0 aromatic heterocycles. The quantitative estimate of drug-likeness (QED) is 0.598. The second kappa shape index (κ2) is 7.26. The van der Waals surface area contributed by atoms with Crippen LogP contribution in [-0.2, 0) is 4.74 Å². The van der Waals surface area contributed by atoms with E-state index in [9.17, 15) is 13.2 Å². The van der Waals surface area contributed by atoms with Gasteiger partial charge in [-0.15, -0.1) is 0 Å². The minimum absolute atomic E-state index is 0.0543. The molecule has 1 N–H and O–H groups in total. The molecule has 1 rings (SSSR count). The van der Waals surface area contributed by atoms with Crippen LogP contribution < -0.4 is 5.32 Å². The normalized spacial score (nSPS) is 11.0. The zero-order chi connectivity index (χ0) is 13.5. The lowest BCUT2D eigenvalue weighted by molar-refractivity contribution is 0.132. The van der Waals surface area contributed by atoms with Crippen LogP contribution in [-0.4, -0.2) is 19.8 Å². The third kappa shape index (κ3) is 4.96. The maximum absolute atomic E-state index is 13.2. The Morgan fingerprint density at radius 3 is 2.39 bits per heavy atom. The fourth-order valence-electron chi connectivity index (χ4n) is 1.34. The Morgan fingerprint density at radius 2 is 1.72 bits per heavy atom. The van der Waals surface area contributed by atoms with E-state index < -0.39 is 17.5 Å². The van der Waals surface area contributed by atoms with Crippen LogP contribution in [0.5, 0.6) is 0 Å². The molecule has 5 heteroatoms. The Kier molecular flexibility index (Phi) is 5.98. The summed E-state index contributed by atoms with van der Waals surface area (Å²) in [6.07, 6.45) is 0.958. The molecule has 0 unspecified atom stereocenters. The van der Waals surface area contributed by atoms with Gasteiger partial charge in [0, 0.05) is 25.3 Å². The summed E-state index contributed by atoms with van der Waals surface area (Å²) in [5.74, 6) is -2.50. The lowest BCUT2D eigenvalue weighted by Gasteiger charge is -2.09. The summed E-state index contributed by atoms with van der Waals surface area (Å²) in [4.78, 5) is 0. The van der Waals surface area contributed by atoms with Crippen molar-refractivity contribution < 1.29 is 17.9 Å². The van der Waals surface area contributed by atoms with Crippen molar-refractivity contribution in [2.24, 2.45) is 5.92 Å². The molecule has 0 saturated heterocycles. The van der Waals surface area contributed by atoms with E-state index >= 15 is 0 Å². The Morgan fingerprint density at radius 1 is 1.06 bits per heavy atom. The Balaban J connectivity index is 2.29. The van der Waals surface area contributed by atoms with Crippen molar-refractivity contribution in [3.05, 3.63) is 29.6 Å². The summed E-state index contributed by atoms with van der Waals surface area (Å²) in [5, 5.41) is 2.66. The number of halogens is 3. The van der Waals surface area contributed by atoms with E-state index in [0.717, 1.165) is 12.5 Å². The summed E-state index contributed by atoms with van der Waals surface area (Å²) in [6.45, 7) is 5.57. The zero-order valence-electron chi connectivity index (χ0n) is 10.6. The van der Waals surface area contributed by atoms with Crippen LogP contribution in [0.15, 0.2) is 12.1 Å². The summed E-state index contributed by atoms with van der Waals surface area (Å²) >= 11 is 0. The van der Waals surface area contributed by atoms with Gasteiger partial charge in [-0.05, 0) is 12.3 Å². The third-order valence-electron chi connectivity index (χ3n) is 2.41. The average Bonchev–Trinajstić information content (AvgIpc) is 2.29. The molecule has 0 aliphatic rings. The largest absolute Gasteiger partial charge is 0.380 e. The maximum Gasteiger partial charge on any atom is 0.161 e. The molecule has 0 aliphatic heterocycles. The van der Waals surface area contributed by atoms with Gasteiger partial charge < -0.3 is 10.1 Å². The van der Waals surface area contributed by atoms with Gasteiger partial charge in [-0.3, -0.25) is 0 Å². The molecular weight excluding hydrogens is 243 g/mol. The van der Waals surface area contributed by atoms with E-state index in [4.69, 9.17) is 4.74 Å². The Bertz CT molecular complexity index is 383. The number of rotatable bonds is 7. The van der Waals surface area contributed by atoms with E-state index in [2.05, 4.69) is 19.2 Å². The van der Waals surface area contributed by atoms with Crippen molar-refractivity contribution in [2.45, 2.75) is 20.3 Å². The predicted octanol–water partition coefficient (Wildman–Crippen LogP) is 3.58. The first-order chi connectivity index (χ1) is 8.50. The third-order valence-corrected chi connectivity index (χ3v) is 2.41. The van der Waals surface area contributed by atoms with Gasteiger partial charge in [0.25, 0.3) is 0 Å².